The minimum atomic E-state index is -0.918. The third kappa shape index (κ3) is 6.03. The van der Waals surface area contributed by atoms with Gasteiger partial charge in [0.25, 0.3) is 5.69 Å². The number of nitro benzene ring substituents is 1. The van der Waals surface area contributed by atoms with Gasteiger partial charge in [0.1, 0.15) is 5.92 Å². The van der Waals surface area contributed by atoms with Crippen LogP contribution in [-0.2, 0) is 19.1 Å². The second kappa shape index (κ2) is 11.9. The van der Waals surface area contributed by atoms with Gasteiger partial charge in [0, 0.05) is 28.6 Å². The van der Waals surface area contributed by atoms with E-state index in [1.54, 1.807) is 19.9 Å². The van der Waals surface area contributed by atoms with Crippen molar-refractivity contribution in [1.29, 1.82) is 0 Å². The number of alkyl halides is 1. The van der Waals surface area contributed by atoms with Gasteiger partial charge in [-0.3, -0.25) is 19.9 Å². The first-order valence-corrected chi connectivity index (χ1v) is 12.2. The highest BCUT2D eigenvalue weighted by molar-refractivity contribution is 9.09. The van der Waals surface area contributed by atoms with Gasteiger partial charge < -0.3 is 9.47 Å². The van der Waals surface area contributed by atoms with E-state index >= 15 is 0 Å². The first-order valence-electron chi connectivity index (χ1n) is 11.2. The molecule has 2 aromatic carbocycles. The molecule has 9 heteroatoms. The molecule has 0 N–H and O–H groups in total. The molecular formula is C26H27BrN2O6. The molecule has 3 atom stereocenters. The zero-order valence-corrected chi connectivity index (χ0v) is 21.4. The number of esters is 2. The summed E-state index contributed by atoms with van der Waals surface area (Å²) in [6, 6.07) is 15.8. The molecular weight excluding hydrogens is 516 g/mol. The van der Waals surface area contributed by atoms with Gasteiger partial charge in [-0.05, 0) is 37.8 Å². The summed E-state index contributed by atoms with van der Waals surface area (Å²) in [5.74, 6) is -2.93. The van der Waals surface area contributed by atoms with Gasteiger partial charge in [0.2, 0.25) is 0 Å². The summed E-state index contributed by atoms with van der Waals surface area (Å²) in [5.41, 5.74) is 2.59. The van der Waals surface area contributed by atoms with Crippen molar-refractivity contribution < 1.29 is 24.0 Å². The Morgan fingerprint density at radius 2 is 1.89 bits per heavy atom. The van der Waals surface area contributed by atoms with Crippen molar-refractivity contribution in [2.24, 2.45) is 10.9 Å². The molecule has 0 spiro atoms. The summed E-state index contributed by atoms with van der Waals surface area (Å²) in [4.78, 5) is 41.7. The summed E-state index contributed by atoms with van der Waals surface area (Å²) < 4.78 is 10.4. The number of hydrogen-bond acceptors (Lipinski definition) is 7. The van der Waals surface area contributed by atoms with Crippen LogP contribution in [0.25, 0.3) is 0 Å². The molecule has 2 aromatic rings. The van der Waals surface area contributed by atoms with Crippen LogP contribution in [0.1, 0.15) is 48.6 Å². The van der Waals surface area contributed by atoms with Crippen molar-refractivity contribution in [3.63, 3.8) is 0 Å². The lowest BCUT2D eigenvalue weighted by Crippen LogP contribution is -2.36. The van der Waals surface area contributed by atoms with Crippen LogP contribution in [0, 0.1) is 16.0 Å². The summed E-state index contributed by atoms with van der Waals surface area (Å²) >= 11 is 3.71. The fraction of sp³-hybridized carbons (Fsp3) is 0.346. The van der Waals surface area contributed by atoms with Crippen molar-refractivity contribution in [2.75, 3.05) is 13.7 Å². The van der Waals surface area contributed by atoms with Crippen LogP contribution in [0.5, 0.6) is 0 Å². The Hall–Kier alpha value is -3.33. The Labute approximate surface area is 212 Å². The van der Waals surface area contributed by atoms with Gasteiger partial charge in [-0.15, -0.1) is 0 Å². The molecule has 184 valence electrons. The molecule has 0 radical (unpaired) electrons. The number of ether oxygens (including phenoxy) is 2. The van der Waals surface area contributed by atoms with Crippen LogP contribution in [0.3, 0.4) is 0 Å². The zero-order valence-electron chi connectivity index (χ0n) is 19.8. The van der Waals surface area contributed by atoms with E-state index in [1.165, 1.54) is 25.3 Å². The van der Waals surface area contributed by atoms with E-state index in [9.17, 15) is 19.7 Å². The molecule has 3 unspecified atom stereocenters. The molecule has 0 amide bonds. The third-order valence-corrected chi connectivity index (χ3v) is 6.89. The van der Waals surface area contributed by atoms with E-state index in [1.807, 2.05) is 30.3 Å². The van der Waals surface area contributed by atoms with E-state index in [0.717, 1.165) is 5.56 Å². The smallest absolute Gasteiger partial charge is 0.336 e. The Morgan fingerprint density at radius 3 is 2.51 bits per heavy atom. The summed E-state index contributed by atoms with van der Waals surface area (Å²) in [5, 5.41) is 11.4. The molecule has 0 aromatic heterocycles. The zero-order chi connectivity index (χ0) is 25.5. The normalized spacial score (nSPS) is 18.5. The fourth-order valence-corrected chi connectivity index (χ4v) is 4.82. The molecule has 35 heavy (non-hydrogen) atoms. The number of nitro groups is 1. The van der Waals surface area contributed by atoms with Crippen LogP contribution in [0.4, 0.5) is 5.69 Å². The number of aliphatic imine (C=N–C) groups is 1. The van der Waals surface area contributed by atoms with E-state index in [4.69, 9.17) is 9.47 Å². The van der Waals surface area contributed by atoms with Gasteiger partial charge in [-0.2, -0.15) is 0 Å². The van der Waals surface area contributed by atoms with Gasteiger partial charge in [-0.25, -0.2) is 4.79 Å². The maximum absolute atomic E-state index is 13.2. The molecule has 0 bridgehead atoms. The molecule has 1 heterocycles. The molecule has 1 aliphatic rings. The number of carbonyl (C=O) groups excluding carboxylic acids is 2. The van der Waals surface area contributed by atoms with E-state index in [2.05, 4.69) is 20.9 Å². The lowest BCUT2D eigenvalue weighted by molar-refractivity contribution is -0.384. The molecule has 0 saturated carbocycles. The number of benzene rings is 2. The summed E-state index contributed by atoms with van der Waals surface area (Å²) in [7, 11) is 1.26. The van der Waals surface area contributed by atoms with Crippen molar-refractivity contribution >= 4 is 39.3 Å². The Balaban J connectivity index is 2.12. The van der Waals surface area contributed by atoms with Crippen molar-refractivity contribution in [3.8, 4) is 0 Å². The lowest BCUT2D eigenvalue weighted by Gasteiger charge is -2.32. The topological polar surface area (TPSA) is 108 Å². The number of non-ortho nitro benzene ring substituents is 1. The molecule has 8 nitrogen and oxygen atoms in total. The maximum Gasteiger partial charge on any atom is 0.336 e. The van der Waals surface area contributed by atoms with E-state index < -0.39 is 28.7 Å². The fourth-order valence-electron chi connectivity index (χ4n) is 4.29. The number of halogens is 1. The number of rotatable bonds is 9. The Kier molecular flexibility index (Phi) is 8.92. The van der Waals surface area contributed by atoms with Crippen LogP contribution in [-0.4, -0.2) is 36.3 Å². The minimum Gasteiger partial charge on any atom is -0.468 e. The summed E-state index contributed by atoms with van der Waals surface area (Å²) in [6.45, 7) is 3.53. The monoisotopic (exact) mass is 542 g/mol. The molecule has 1 aliphatic heterocycles. The van der Waals surface area contributed by atoms with Crippen molar-refractivity contribution in [2.45, 2.75) is 37.4 Å². The number of allylic oxidation sites excluding steroid dienone is 1. The first kappa shape index (κ1) is 26.3. The van der Waals surface area contributed by atoms with Gasteiger partial charge in [-0.1, -0.05) is 58.4 Å². The average molecular weight is 543 g/mol. The average Bonchev–Trinajstić information content (AvgIpc) is 2.86. The number of methoxy groups -OCH3 is 1. The third-order valence-electron chi connectivity index (χ3n) is 5.90. The Bertz CT molecular complexity index is 1160. The second-order valence-corrected chi connectivity index (χ2v) is 9.19. The van der Waals surface area contributed by atoms with Crippen LogP contribution < -0.4 is 0 Å². The van der Waals surface area contributed by atoms with Crippen LogP contribution in [0.15, 0.2) is 70.9 Å². The number of carbonyl (C=O) groups is 2. The predicted molar refractivity (Wildman–Crippen MR) is 135 cm³/mol. The predicted octanol–water partition coefficient (Wildman–Crippen LogP) is 5.68. The van der Waals surface area contributed by atoms with Crippen LogP contribution >= 0.6 is 15.9 Å². The van der Waals surface area contributed by atoms with Gasteiger partial charge in [0.15, 0.2) is 0 Å². The minimum absolute atomic E-state index is 0.0183. The highest BCUT2D eigenvalue weighted by Gasteiger charge is 2.43. The quantitative estimate of drug-likeness (QED) is 0.174. The van der Waals surface area contributed by atoms with Gasteiger partial charge in [0.05, 0.1) is 29.9 Å². The number of nitrogens with zero attached hydrogens (tertiary/aromatic N) is 2. The molecule has 0 fully saturated rings. The maximum atomic E-state index is 13.2. The van der Waals surface area contributed by atoms with Gasteiger partial charge >= 0.3 is 11.9 Å². The summed E-state index contributed by atoms with van der Waals surface area (Å²) in [6.07, 6.45) is 1.05. The highest BCUT2D eigenvalue weighted by Crippen LogP contribution is 2.43. The Morgan fingerprint density at radius 1 is 1.17 bits per heavy atom. The van der Waals surface area contributed by atoms with Crippen LogP contribution in [0.2, 0.25) is 0 Å². The lowest BCUT2D eigenvalue weighted by atomic mass is 9.75. The number of hydrogen-bond donors (Lipinski definition) is 0. The first-order chi connectivity index (χ1) is 16.8. The SMILES string of the molecule is CCOC(=O)C1=C(CCC(Br)c2ccccc2)N=C(C)C(C(=O)OC)C1c1cccc([N+](=O)[O-])c1. The molecule has 3 rings (SSSR count). The molecule has 0 aliphatic carbocycles. The van der Waals surface area contributed by atoms with E-state index in [-0.39, 0.29) is 22.7 Å². The highest BCUT2D eigenvalue weighted by atomic mass is 79.9. The molecule has 0 saturated heterocycles. The van der Waals surface area contributed by atoms with E-state index in [0.29, 0.717) is 29.8 Å². The van der Waals surface area contributed by atoms with Crippen molar-refractivity contribution in [3.05, 3.63) is 87.1 Å². The largest absolute Gasteiger partial charge is 0.468 e. The standard InChI is InChI=1S/C26H27BrN2O6/c1-4-35-26(31)24-21(14-13-20(27)17-9-6-5-7-10-17)28-16(2)22(25(30)34-3)23(24)18-11-8-12-19(15-18)29(32)33/h5-12,15,20,22-23H,4,13-14H2,1-3H3. The second-order valence-electron chi connectivity index (χ2n) is 8.08. The van der Waals surface area contributed by atoms with Crippen molar-refractivity contribution in [1.82, 2.24) is 0 Å².